The molecular formula is C24H26N2O3. The molecule has 0 aromatic heterocycles. The van der Waals surface area contributed by atoms with E-state index in [0.717, 1.165) is 48.2 Å². The molecule has 1 saturated carbocycles. The van der Waals surface area contributed by atoms with Crippen molar-refractivity contribution in [2.75, 3.05) is 11.9 Å². The number of hydrogen-bond donors (Lipinski definition) is 2. The summed E-state index contributed by atoms with van der Waals surface area (Å²) in [5.41, 5.74) is 2.23. The Labute approximate surface area is 170 Å². The molecular weight excluding hydrogens is 364 g/mol. The average Bonchev–Trinajstić information content (AvgIpc) is 2.80. The van der Waals surface area contributed by atoms with E-state index in [1.807, 2.05) is 55.5 Å². The summed E-state index contributed by atoms with van der Waals surface area (Å²) in [7, 11) is 0. The molecule has 1 aliphatic carbocycles. The van der Waals surface area contributed by atoms with Crippen molar-refractivity contribution < 1.29 is 14.3 Å². The van der Waals surface area contributed by atoms with Gasteiger partial charge in [0.1, 0.15) is 11.7 Å². The Kier molecular flexibility index (Phi) is 4.43. The highest BCUT2D eigenvalue weighted by Gasteiger charge is 2.57. The molecule has 0 unspecified atom stereocenters. The van der Waals surface area contributed by atoms with E-state index in [-0.39, 0.29) is 30.1 Å². The summed E-state index contributed by atoms with van der Waals surface area (Å²) in [5.74, 6) is -0.276. The predicted molar refractivity (Wildman–Crippen MR) is 111 cm³/mol. The summed E-state index contributed by atoms with van der Waals surface area (Å²) < 4.78 is 6.49. The monoisotopic (exact) mass is 390 g/mol. The van der Waals surface area contributed by atoms with Crippen LogP contribution in [0.2, 0.25) is 0 Å². The summed E-state index contributed by atoms with van der Waals surface area (Å²) in [5, 5.41) is 6.43. The normalized spacial score (nSPS) is 30.4. The molecule has 0 spiro atoms. The second kappa shape index (κ2) is 6.99. The molecule has 29 heavy (non-hydrogen) atoms. The molecule has 1 amide bonds. The van der Waals surface area contributed by atoms with Crippen LogP contribution in [0.4, 0.5) is 5.69 Å². The lowest BCUT2D eigenvalue weighted by atomic mass is 9.65. The van der Waals surface area contributed by atoms with Gasteiger partial charge in [-0.1, -0.05) is 36.8 Å². The molecule has 5 heteroatoms. The fraction of sp³-hybridized carbons (Fsp3) is 0.417. The van der Waals surface area contributed by atoms with Gasteiger partial charge >= 0.3 is 0 Å². The van der Waals surface area contributed by atoms with Crippen molar-refractivity contribution in [2.24, 2.45) is 11.8 Å². The SMILES string of the molecule is Cc1cccc(NC(=O)[C@H]2C(=O)CN[C@@]34CCCC[C@@H]3[C@H]2c2ccccc2O4)c1. The number of ketones is 1. The minimum absolute atomic E-state index is 0.0609. The molecule has 2 N–H and O–H groups in total. The molecule has 2 bridgehead atoms. The lowest BCUT2D eigenvalue weighted by Gasteiger charge is -2.50. The van der Waals surface area contributed by atoms with Crippen molar-refractivity contribution >= 4 is 17.4 Å². The second-order valence-corrected chi connectivity index (χ2v) is 8.56. The Morgan fingerprint density at radius 1 is 1.17 bits per heavy atom. The summed E-state index contributed by atoms with van der Waals surface area (Å²) in [6, 6.07) is 15.6. The maximum atomic E-state index is 13.4. The minimum Gasteiger partial charge on any atom is -0.472 e. The van der Waals surface area contributed by atoms with Gasteiger partial charge in [0, 0.05) is 23.9 Å². The van der Waals surface area contributed by atoms with Crippen LogP contribution in [0, 0.1) is 18.8 Å². The molecule has 5 nitrogen and oxygen atoms in total. The van der Waals surface area contributed by atoms with E-state index in [1.165, 1.54) is 0 Å². The third kappa shape index (κ3) is 3.04. The molecule has 2 fully saturated rings. The zero-order chi connectivity index (χ0) is 20.0. The summed E-state index contributed by atoms with van der Waals surface area (Å²) >= 11 is 0. The van der Waals surface area contributed by atoms with Gasteiger partial charge in [0.05, 0.1) is 6.54 Å². The van der Waals surface area contributed by atoms with Gasteiger partial charge in [0.2, 0.25) is 5.91 Å². The quantitative estimate of drug-likeness (QED) is 0.766. The van der Waals surface area contributed by atoms with Crippen molar-refractivity contribution in [3.63, 3.8) is 0 Å². The molecule has 150 valence electrons. The van der Waals surface area contributed by atoms with Crippen LogP contribution in [0.1, 0.15) is 42.7 Å². The van der Waals surface area contributed by atoms with Gasteiger partial charge in [0.25, 0.3) is 0 Å². The first-order chi connectivity index (χ1) is 14.1. The summed E-state index contributed by atoms with van der Waals surface area (Å²) in [6.07, 6.45) is 3.97. The first-order valence-corrected chi connectivity index (χ1v) is 10.5. The lowest BCUT2D eigenvalue weighted by molar-refractivity contribution is -0.132. The number of nitrogens with one attached hydrogen (secondary N) is 2. The largest absolute Gasteiger partial charge is 0.472 e. The topological polar surface area (TPSA) is 67.4 Å². The predicted octanol–water partition coefficient (Wildman–Crippen LogP) is 3.78. The van der Waals surface area contributed by atoms with Crippen molar-refractivity contribution in [3.8, 4) is 5.75 Å². The van der Waals surface area contributed by atoms with Crippen LogP contribution in [-0.4, -0.2) is 24.0 Å². The Morgan fingerprint density at radius 3 is 2.90 bits per heavy atom. The Hall–Kier alpha value is -2.66. The highest BCUT2D eigenvalue weighted by molar-refractivity contribution is 6.09. The maximum Gasteiger partial charge on any atom is 0.235 e. The Balaban J connectivity index is 1.58. The van der Waals surface area contributed by atoms with Crippen molar-refractivity contribution in [2.45, 2.75) is 44.2 Å². The summed E-state index contributed by atoms with van der Waals surface area (Å²) in [6.45, 7) is 2.15. The number of amides is 1. The zero-order valence-corrected chi connectivity index (χ0v) is 16.6. The molecule has 0 radical (unpaired) electrons. The standard InChI is InChI=1S/C24H26N2O3/c1-15-7-6-8-16(13-15)26-23(28)22-19(27)14-25-24-12-5-4-10-18(24)21(22)17-9-2-3-11-20(17)29-24/h2-3,6-9,11,13,18,21-22,25H,4-5,10,12,14H2,1H3,(H,26,28)/t18-,21-,22+,24-/m1/s1. The van der Waals surface area contributed by atoms with Crippen LogP contribution in [-0.2, 0) is 9.59 Å². The van der Waals surface area contributed by atoms with Gasteiger partial charge in [-0.05, 0) is 49.1 Å². The van der Waals surface area contributed by atoms with Crippen LogP contribution < -0.4 is 15.4 Å². The number of aryl methyl sites for hydroxylation is 1. The fourth-order valence-corrected chi connectivity index (χ4v) is 5.50. The van der Waals surface area contributed by atoms with Gasteiger partial charge in [-0.15, -0.1) is 0 Å². The molecule has 2 heterocycles. The van der Waals surface area contributed by atoms with Gasteiger partial charge in [-0.25, -0.2) is 0 Å². The summed E-state index contributed by atoms with van der Waals surface area (Å²) in [4.78, 5) is 26.6. The number of rotatable bonds is 2. The number of anilines is 1. The second-order valence-electron chi connectivity index (χ2n) is 8.56. The number of ether oxygens (including phenoxy) is 1. The van der Waals surface area contributed by atoms with E-state index in [0.29, 0.717) is 0 Å². The van der Waals surface area contributed by atoms with Crippen LogP contribution >= 0.6 is 0 Å². The zero-order valence-electron chi connectivity index (χ0n) is 16.6. The number of carbonyl (C=O) groups is 2. The van der Waals surface area contributed by atoms with E-state index in [2.05, 4.69) is 10.6 Å². The Morgan fingerprint density at radius 2 is 2.03 bits per heavy atom. The average molecular weight is 390 g/mol. The first kappa shape index (κ1) is 18.4. The smallest absolute Gasteiger partial charge is 0.235 e. The maximum absolute atomic E-state index is 13.4. The van der Waals surface area contributed by atoms with Gasteiger partial charge < -0.3 is 10.1 Å². The number of fused-ring (bicyclic) bond motifs is 2. The lowest BCUT2D eigenvalue weighted by Crippen LogP contribution is -2.60. The van der Waals surface area contributed by atoms with E-state index in [1.54, 1.807) is 0 Å². The molecule has 1 saturated heterocycles. The van der Waals surface area contributed by atoms with Gasteiger partial charge in [-0.2, -0.15) is 0 Å². The number of para-hydroxylation sites is 1. The Bertz CT molecular complexity index is 972. The molecule has 3 aliphatic rings. The number of Topliss-reactive ketones (excluding diaryl/α,β-unsaturated/α-hetero) is 1. The number of benzene rings is 2. The molecule has 5 rings (SSSR count). The van der Waals surface area contributed by atoms with Gasteiger partial charge in [-0.3, -0.25) is 14.9 Å². The van der Waals surface area contributed by atoms with Crippen LogP contribution in [0.5, 0.6) is 5.75 Å². The van der Waals surface area contributed by atoms with Crippen LogP contribution in [0.15, 0.2) is 48.5 Å². The molecule has 4 atom stereocenters. The minimum atomic E-state index is -0.724. The molecule has 2 aliphatic heterocycles. The number of carbonyl (C=O) groups excluding carboxylic acids is 2. The van der Waals surface area contributed by atoms with E-state index >= 15 is 0 Å². The van der Waals surface area contributed by atoms with E-state index in [4.69, 9.17) is 4.74 Å². The van der Waals surface area contributed by atoms with Crippen LogP contribution in [0.3, 0.4) is 0 Å². The van der Waals surface area contributed by atoms with Crippen molar-refractivity contribution in [1.82, 2.24) is 5.32 Å². The number of hydrogen-bond acceptors (Lipinski definition) is 4. The van der Waals surface area contributed by atoms with E-state index in [9.17, 15) is 9.59 Å². The first-order valence-electron chi connectivity index (χ1n) is 10.5. The highest BCUT2D eigenvalue weighted by atomic mass is 16.5. The molecule has 2 aromatic carbocycles. The third-order valence-electron chi connectivity index (χ3n) is 6.75. The molecule has 2 aromatic rings. The van der Waals surface area contributed by atoms with Crippen molar-refractivity contribution in [1.29, 1.82) is 0 Å². The van der Waals surface area contributed by atoms with Crippen LogP contribution in [0.25, 0.3) is 0 Å². The van der Waals surface area contributed by atoms with Crippen molar-refractivity contribution in [3.05, 3.63) is 59.7 Å². The third-order valence-corrected chi connectivity index (χ3v) is 6.75. The van der Waals surface area contributed by atoms with E-state index < -0.39 is 11.6 Å². The van der Waals surface area contributed by atoms with Gasteiger partial charge in [0.15, 0.2) is 11.5 Å². The highest BCUT2D eigenvalue weighted by Crippen LogP contribution is 2.54. The fourth-order valence-electron chi connectivity index (χ4n) is 5.50.